The molecule has 6 nitrogen and oxygen atoms in total. The van der Waals surface area contributed by atoms with Crippen LogP contribution < -0.4 is 5.32 Å². The van der Waals surface area contributed by atoms with E-state index in [4.69, 9.17) is 9.84 Å². The van der Waals surface area contributed by atoms with Crippen molar-refractivity contribution in [2.24, 2.45) is 0 Å². The van der Waals surface area contributed by atoms with E-state index in [9.17, 15) is 14.0 Å². The SMILES string of the molecule is O=C(O)CCCNC(=O)N1CCOC(c2ccc(F)cc2)C1. The molecule has 1 aliphatic rings. The molecule has 0 bridgehead atoms. The second kappa shape index (κ2) is 7.74. The van der Waals surface area contributed by atoms with E-state index in [1.165, 1.54) is 12.1 Å². The topological polar surface area (TPSA) is 78.9 Å². The summed E-state index contributed by atoms with van der Waals surface area (Å²) in [7, 11) is 0. The van der Waals surface area contributed by atoms with Gasteiger partial charge in [-0.3, -0.25) is 4.79 Å². The number of urea groups is 1. The van der Waals surface area contributed by atoms with E-state index < -0.39 is 5.97 Å². The Morgan fingerprint density at radius 1 is 1.36 bits per heavy atom. The highest BCUT2D eigenvalue weighted by molar-refractivity contribution is 5.74. The molecule has 2 N–H and O–H groups in total. The van der Waals surface area contributed by atoms with Gasteiger partial charge < -0.3 is 20.1 Å². The lowest BCUT2D eigenvalue weighted by Crippen LogP contribution is -2.47. The first kappa shape index (κ1) is 16.2. The van der Waals surface area contributed by atoms with Crippen LogP contribution in [-0.2, 0) is 9.53 Å². The van der Waals surface area contributed by atoms with Crippen molar-refractivity contribution < 1.29 is 23.8 Å². The predicted octanol–water partition coefficient (Wildman–Crippen LogP) is 1.77. The first-order chi connectivity index (χ1) is 10.6. The number of benzene rings is 1. The summed E-state index contributed by atoms with van der Waals surface area (Å²) in [6, 6.07) is 5.79. The van der Waals surface area contributed by atoms with Gasteiger partial charge in [0.1, 0.15) is 11.9 Å². The van der Waals surface area contributed by atoms with Crippen molar-refractivity contribution in [3.8, 4) is 0 Å². The highest BCUT2D eigenvalue weighted by Gasteiger charge is 2.25. The maximum Gasteiger partial charge on any atom is 0.317 e. The van der Waals surface area contributed by atoms with Crippen LogP contribution in [0.4, 0.5) is 9.18 Å². The van der Waals surface area contributed by atoms with Crippen LogP contribution >= 0.6 is 0 Å². The lowest BCUT2D eigenvalue weighted by molar-refractivity contribution is -0.137. The number of carbonyl (C=O) groups excluding carboxylic acids is 1. The summed E-state index contributed by atoms with van der Waals surface area (Å²) in [5, 5.41) is 11.2. The fourth-order valence-corrected chi connectivity index (χ4v) is 2.26. The summed E-state index contributed by atoms with van der Waals surface area (Å²) >= 11 is 0. The van der Waals surface area contributed by atoms with E-state index in [2.05, 4.69) is 5.32 Å². The van der Waals surface area contributed by atoms with Crippen molar-refractivity contribution in [2.75, 3.05) is 26.2 Å². The average Bonchev–Trinajstić information content (AvgIpc) is 2.52. The molecule has 0 aromatic heterocycles. The monoisotopic (exact) mass is 310 g/mol. The summed E-state index contributed by atoms with van der Waals surface area (Å²) in [6.45, 7) is 1.59. The predicted molar refractivity (Wildman–Crippen MR) is 76.9 cm³/mol. The van der Waals surface area contributed by atoms with Gasteiger partial charge in [0.25, 0.3) is 0 Å². The van der Waals surface area contributed by atoms with Crippen LogP contribution in [0, 0.1) is 5.82 Å². The highest BCUT2D eigenvalue weighted by Crippen LogP contribution is 2.22. The summed E-state index contributed by atoms with van der Waals surface area (Å²) in [6.07, 6.45) is 0.146. The zero-order chi connectivity index (χ0) is 15.9. The van der Waals surface area contributed by atoms with E-state index >= 15 is 0 Å². The van der Waals surface area contributed by atoms with Gasteiger partial charge in [0.15, 0.2) is 0 Å². The molecule has 0 saturated carbocycles. The number of nitrogens with zero attached hydrogens (tertiary/aromatic N) is 1. The van der Waals surface area contributed by atoms with Crippen LogP contribution in [0.1, 0.15) is 24.5 Å². The molecule has 0 aliphatic carbocycles. The van der Waals surface area contributed by atoms with Crippen molar-refractivity contribution in [1.29, 1.82) is 0 Å². The van der Waals surface area contributed by atoms with Gasteiger partial charge in [0.2, 0.25) is 0 Å². The molecule has 1 unspecified atom stereocenters. The second-order valence-corrected chi connectivity index (χ2v) is 5.09. The van der Waals surface area contributed by atoms with Crippen LogP contribution in [0.25, 0.3) is 0 Å². The van der Waals surface area contributed by atoms with Crippen LogP contribution in [-0.4, -0.2) is 48.2 Å². The zero-order valence-corrected chi connectivity index (χ0v) is 12.1. The van der Waals surface area contributed by atoms with E-state index in [0.29, 0.717) is 32.7 Å². The van der Waals surface area contributed by atoms with E-state index in [1.807, 2.05) is 0 Å². The first-order valence-corrected chi connectivity index (χ1v) is 7.18. The van der Waals surface area contributed by atoms with Crippen LogP contribution in [0.2, 0.25) is 0 Å². The number of halogens is 1. The largest absolute Gasteiger partial charge is 0.481 e. The third-order valence-electron chi connectivity index (χ3n) is 3.44. The number of carboxylic acids is 1. The molecule has 1 saturated heterocycles. The van der Waals surface area contributed by atoms with Gasteiger partial charge in [0.05, 0.1) is 13.2 Å². The highest BCUT2D eigenvalue weighted by atomic mass is 19.1. The van der Waals surface area contributed by atoms with Crippen LogP contribution in [0.15, 0.2) is 24.3 Å². The van der Waals surface area contributed by atoms with Crippen LogP contribution in [0.3, 0.4) is 0 Å². The number of rotatable bonds is 5. The second-order valence-electron chi connectivity index (χ2n) is 5.09. The van der Waals surface area contributed by atoms with Gasteiger partial charge in [-0.25, -0.2) is 9.18 Å². The molecule has 1 aliphatic heterocycles. The summed E-state index contributed by atoms with van der Waals surface area (Å²) in [4.78, 5) is 24.1. The molecule has 2 amide bonds. The Kier molecular flexibility index (Phi) is 5.71. The molecule has 1 heterocycles. The standard InChI is InChI=1S/C15H19FN2O4/c16-12-5-3-11(4-6-12)13-10-18(8-9-22-13)15(21)17-7-1-2-14(19)20/h3-6,13H,1-2,7-10H2,(H,17,21)(H,19,20). The Morgan fingerprint density at radius 2 is 2.09 bits per heavy atom. The molecule has 120 valence electrons. The number of ether oxygens (including phenoxy) is 1. The Bertz CT molecular complexity index is 521. The molecular formula is C15H19FN2O4. The van der Waals surface area contributed by atoms with Crippen molar-refractivity contribution in [1.82, 2.24) is 10.2 Å². The van der Waals surface area contributed by atoms with Gasteiger partial charge >= 0.3 is 12.0 Å². The number of aliphatic carboxylic acids is 1. The number of carbonyl (C=O) groups is 2. The van der Waals surface area contributed by atoms with Gasteiger partial charge in [0, 0.05) is 19.5 Å². The number of nitrogens with one attached hydrogen (secondary N) is 1. The maximum absolute atomic E-state index is 12.9. The molecule has 22 heavy (non-hydrogen) atoms. The average molecular weight is 310 g/mol. The molecule has 1 atom stereocenters. The van der Waals surface area contributed by atoms with Crippen LogP contribution in [0.5, 0.6) is 0 Å². The number of hydrogen-bond acceptors (Lipinski definition) is 3. The molecule has 1 aromatic rings. The molecule has 0 radical (unpaired) electrons. The minimum atomic E-state index is -0.878. The van der Waals surface area contributed by atoms with Gasteiger partial charge in [-0.15, -0.1) is 0 Å². The summed E-state index contributed by atoms with van der Waals surface area (Å²) < 4.78 is 18.6. The minimum absolute atomic E-state index is 0.0294. The van der Waals surface area contributed by atoms with E-state index in [1.54, 1.807) is 17.0 Å². The lowest BCUT2D eigenvalue weighted by Gasteiger charge is -2.33. The Balaban J connectivity index is 1.83. The number of hydrogen-bond donors (Lipinski definition) is 2. The molecule has 1 fully saturated rings. The lowest BCUT2D eigenvalue weighted by atomic mass is 10.1. The number of morpholine rings is 1. The number of carboxylic acid groups (broad SMARTS) is 1. The fourth-order valence-electron chi connectivity index (χ4n) is 2.26. The third kappa shape index (κ3) is 4.70. The number of amides is 2. The maximum atomic E-state index is 12.9. The molecule has 1 aromatic carbocycles. The fraction of sp³-hybridized carbons (Fsp3) is 0.467. The van der Waals surface area contributed by atoms with Gasteiger partial charge in [-0.2, -0.15) is 0 Å². The normalized spacial score (nSPS) is 18.0. The van der Waals surface area contributed by atoms with Crippen molar-refractivity contribution in [2.45, 2.75) is 18.9 Å². The van der Waals surface area contributed by atoms with Gasteiger partial charge in [-0.05, 0) is 24.1 Å². The smallest absolute Gasteiger partial charge is 0.317 e. The molecule has 2 rings (SSSR count). The molecule has 0 spiro atoms. The molecule has 7 heteroatoms. The summed E-state index contributed by atoms with van der Waals surface area (Å²) in [5.74, 6) is -1.19. The summed E-state index contributed by atoms with van der Waals surface area (Å²) in [5.41, 5.74) is 0.824. The van der Waals surface area contributed by atoms with Crippen molar-refractivity contribution in [3.63, 3.8) is 0 Å². The zero-order valence-electron chi connectivity index (χ0n) is 12.1. The van der Waals surface area contributed by atoms with Crippen molar-refractivity contribution >= 4 is 12.0 Å². The van der Waals surface area contributed by atoms with Gasteiger partial charge in [-0.1, -0.05) is 12.1 Å². The van der Waals surface area contributed by atoms with E-state index in [0.717, 1.165) is 5.56 Å². The Hall–Kier alpha value is -2.15. The first-order valence-electron chi connectivity index (χ1n) is 7.18. The third-order valence-corrected chi connectivity index (χ3v) is 3.44. The quantitative estimate of drug-likeness (QED) is 0.813. The van der Waals surface area contributed by atoms with E-state index in [-0.39, 0.29) is 24.4 Å². The van der Waals surface area contributed by atoms with Crippen molar-refractivity contribution in [3.05, 3.63) is 35.6 Å². The Labute approximate surface area is 127 Å². The Morgan fingerprint density at radius 3 is 2.77 bits per heavy atom. The minimum Gasteiger partial charge on any atom is -0.481 e. The molecular weight excluding hydrogens is 291 g/mol.